The predicted molar refractivity (Wildman–Crippen MR) is 158 cm³/mol. The van der Waals surface area contributed by atoms with Crippen molar-refractivity contribution in [3.8, 4) is 16.3 Å². The van der Waals surface area contributed by atoms with Crippen molar-refractivity contribution in [3.63, 3.8) is 0 Å². The second-order valence-electron chi connectivity index (χ2n) is 10.6. The Hall–Kier alpha value is -4.51. The van der Waals surface area contributed by atoms with Gasteiger partial charge in [0.25, 0.3) is 5.91 Å². The van der Waals surface area contributed by atoms with Crippen LogP contribution in [0.5, 0.6) is 5.75 Å². The summed E-state index contributed by atoms with van der Waals surface area (Å²) in [5, 5.41) is 8.27. The van der Waals surface area contributed by atoms with E-state index in [2.05, 4.69) is 35.6 Å². The number of ether oxygens (including phenoxy) is 1. The van der Waals surface area contributed by atoms with Crippen molar-refractivity contribution in [2.24, 2.45) is 0 Å². The van der Waals surface area contributed by atoms with Gasteiger partial charge >= 0.3 is 12.5 Å². The van der Waals surface area contributed by atoms with Crippen molar-refractivity contribution >= 4 is 40.3 Å². The highest BCUT2D eigenvalue weighted by Gasteiger charge is 2.38. The third-order valence-electron chi connectivity index (χ3n) is 6.74. The molecule has 1 aliphatic rings. The number of halogens is 7. The van der Waals surface area contributed by atoms with Crippen LogP contribution in [0.2, 0.25) is 0 Å². The second kappa shape index (κ2) is 12.7. The van der Waals surface area contributed by atoms with Gasteiger partial charge in [-0.1, -0.05) is 0 Å². The molecule has 17 heteroatoms. The number of piperazine rings is 1. The number of benzene rings is 2. The molecule has 3 N–H and O–H groups in total. The minimum atomic E-state index is -4.96. The van der Waals surface area contributed by atoms with Gasteiger partial charge in [-0.15, -0.1) is 24.5 Å². The molecule has 0 bridgehead atoms. The number of carbonyl (C=O) groups excluding carboxylic acids is 1. The molecule has 1 aliphatic heterocycles. The fourth-order valence-electron chi connectivity index (χ4n) is 4.96. The lowest BCUT2D eigenvalue weighted by Crippen LogP contribution is -2.54. The van der Waals surface area contributed by atoms with Crippen LogP contribution in [0.1, 0.15) is 34.9 Å². The van der Waals surface area contributed by atoms with Crippen molar-refractivity contribution in [3.05, 3.63) is 70.7 Å². The molecule has 3 heterocycles. The fourth-order valence-corrected chi connectivity index (χ4v) is 5.93. The van der Waals surface area contributed by atoms with Gasteiger partial charge in [0.05, 0.1) is 16.9 Å². The summed E-state index contributed by atoms with van der Waals surface area (Å²) in [7, 11) is 0. The zero-order valence-corrected chi connectivity index (χ0v) is 25.2. The summed E-state index contributed by atoms with van der Waals surface area (Å²) in [5.74, 6) is -2.23. The third-order valence-corrected chi connectivity index (χ3v) is 7.93. The van der Waals surface area contributed by atoms with E-state index in [1.165, 1.54) is 13.0 Å². The predicted octanol–water partition coefficient (Wildman–Crippen LogP) is 7.15. The van der Waals surface area contributed by atoms with E-state index in [4.69, 9.17) is 0 Å². The number of aryl methyl sites for hydroxylation is 1. The smallest absolute Gasteiger partial charge is 0.406 e. The zero-order chi connectivity index (χ0) is 33.4. The molecule has 0 unspecified atom stereocenters. The monoisotopic (exact) mass is 669 g/mol. The first-order chi connectivity index (χ1) is 21.6. The van der Waals surface area contributed by atoms with Gasteiger partial charge in [-0.05, 0) is 63.2 Å². The highest BCUT2D eigenvalue weighted by atomic mass is 32.1. The number of carbonyl (C=O) groups is 1. The molecule has 9 nitrogen and oxygen atoms in total. The molecule has 1 fully saturated rings. The number of alkyl halides is 6. The molecule has 244 valence electrons. The van der Waals surface area contributed by atoms with Crippen molar-refractivity contribution in [2.45, 2.75) is 45.4 Å². The van der Waals surface area contributed by atoms with Gasteiger partial charge in [-0.3, -0.25) is 4.79 Å². The Morgan fingerprint density at radius 2 is 1.65 bits per heavy atom. The highest BCUT2D eigenvalue weighted by molar-refractivity contribution is 7.17. The van der Waals surface area contributed by atoms with Gasteiger partial charge in [0.15, 0.2) is 5.69 Å². The summed E-state index contributed by atoms with van der Waals surface area (Å²) in [4.78, 5) is 26.6. The molecule has 46 heavy (non-hydrogen) atoms. The number of rotatable bonds is 7. The number of nitrogens with zero attached hydrogens (tertiary/aromatic N) is 4. The Morgan fingerprint density at radius 1 is 1.00 bits per heavy atom. The normalized spacial score (nSPS) is 17.1. The zero-order valence-electron chi connectivity index (χ0n) is 24.3. The molecular weight excluding hydrogens is 643 g/mol. The van der Waals surface area contributed by atoms with Crippen LogP contribution in [0.15, 0.2) is 48.7 Å². The maximum atomic E-state index is 15.1. The molecule has 2 aromatic carbocycles. The van der Waals surface area contributed by atoms with E-state index in [0.29, 0.717) is 30.1 Å². The summed E-state index contributed by atoms with van der Waals surface area (Å²) in [5.41, 5.74) is -1.06. The number of hydrogen-bond acceptors (Lipinski definition) is 9. The van der Waals surface area contributed by atoms with E-state index >= 15 is 4.39 Å². The van der Waals surface area contributed by atoms with Crippen molar-refractivity contribution in [1.29, 1.82) is 0 Å². The van der Waals surface area contributed by atoms with Gasteiger partial charge < -0.3 is 25.6 Å². The van der Waals surface area contributed by atoms with E-state index in [-0.39, 0.29) is 39.0 Å². The maximum absolute atomic E-state index is 15.1. The molecular formula is C29H26F7N7O2S. The maximum Gasteiger partial charge on any atom is 0.573 e. The summed E-state index contributed by atoms with van der Waals surface area (Å²) < 4.78 is 98.2. The molecule has 1 amide bonds. The lowest BCUT2D eigenvalue weighted by Gasteiger charge is -2.37. The minimum Gasteiger partial charge on any atom is -0.406 e. The summed E-state index contributed by atoms with van der Waals surface area (Å²) >= 11 is 0.678. The first-order valence-electron chi connectivity index (χ1n) is 13.7. The van der Waals surface area contributed by atoms with E-state index in [1.54, 1.807) is 12.1 Å². The Labute approximate surface area is 261 Å². The first-order valence-corrected chi connectivity index (χ1v) is 14.5. The van der Waals surface area contributed by atoms with Gasteiger partial charge in [0.1, 0.15) is 21.5 Å². The average Bonchev–Trinajstić information content (AvgIpc) is 3.34. The molecule has 0 saturated carbocycles. The van der Waals surface area contributed by atoms with Crippen LogP contribution in [0.3, 0.4) is 0 Å². The Kier molecular flexibility index (Phi) is 9.08. The van der Waals surface area contributed by atoms with Crippen LogP contribution >= 0.6 is 11.3 Å². The Bertz CT molecular complexity index is 1720. The number of thiazole rings is 1. The number of nitrogens with one attached hydrogen (secondary N) is 3. The van der Waals surface area contributed by atoms with Crippen LogP contribution in [-0.2, 0) is 6.18 Å². The van der Waals surface area contributed by atoms with E-state index < -0.39 is 47.2 Å². The van der Waals surface area contributed by atoms with Gasteiger partial charge in [0.2, 0.25) is 5.95 Å². The van der Waals surface area contributed by atoms with E-state index in [0.717, 1.165) is 30.5 Å². The van der Waals surface area contributed by atoms with Gasteiger partial charge in [-0.2, -0.15) is 13.2 Å². The molecule has 5 rings (SSSR count). The fraction of sp³-hybridized carbons (Fsp3) is 0.310. The quantitative estimate of drug-likeness (QED) is 0.178. The second-order valence-corrected chi connectivity index (χ2v) is 11.6. The van der Waals surface area contributed by atoms with Crippen molar-refractivity contribution < 1.29 is 40.3 Å². The summed E-state index contributed by atoms with van der Waals surface area (Å²) in [6.45, 7) is 6.65. The van der Waals surface area contributed by atoms with Gasteiger partial charge in [-0.25, -0.2) is 19.3 Å². The van der Waals surface area contributed by atoms with Crippen LogP contribution < -0.4 is 25.6 Å². The Balaban J connectivity index is 1.34. The number of amides is 1. The molecule has 0 spiro atoms. The molecule has 2 aromatic heterocycles. The molecule has 4 aromatic rings. The Morgan fingerprint density at radius 3 is 2.26 bits per heavy atom. The lowest BCUT2D eigenvalue weighted by atomic mass is 10.1. The van der Waals surface area contributed by atoms with Crippen LogP contribution in [0.25, 0.3) is 10.6 Å². The standard InChI is InChI=1S/C29H26F7N7O2S/c1-14-12-43(13-15(2)38-14)22-9-6-18(10-21(22)30)40-25(44)23-16(3)39-26(46-23)20-11-37-27(42-24(20)28(31,32)33)41-17-4-7-19(8-5-17)45-29(34,35)36/h4-11,14-15,38H,12-13H2,1-3H3,(H,40,44)(H,37,41,42)/t14-,15+. The third kappa shape index (κ3) is 7.82. The summed E-state index contributed by atoms with van der Waals surface area (Å²) in [6, 6.07) is 8.83. The average molecular weight is 670 g/mol. The molecule has 1 saturated heterocycles. The number of aromatic nitrogens is 3. The SMILES string of the molecule is Cc1nc(-c2cnc(Nc3ccc(OC(F)(F)F)cc3)nc2C(F)(F)F)sc1C(=O)Nc1ccc(N2C[C@@H](C)N[C@@H](C)C2)c(F)c1. The van der Waals surface area contributed by atoms with Crippen molar-refractivity contribution in [2.75, 3.05) is 28.6 Å². The number of anilines is 4. The molecule has 0 aliphatic carbocycles. The van der Waals surface area contributed by atoms with Crippen LogP contribution in [0, 0.1) is 12.7 Å². The first kappa shape index (κ1) is 32.9. The topological polar surface area (TPSA) is 104 Å². The molecule has 2 atom stereocenters. The molecule has 0 radical (unpaired) electrons. The minimum absolute atomic E-state index is 0.000677. The van der Waals surface area contributed by atoms with E-state index in [1.807, 2.05) is 18.7 Å². The largest absolute Gasteiger partial charge is 0.573 e. The van der Waals surface area contributed by atoms with Crippen LogP contribution in [0.4, 0.5) is 53.7 Å². The number of hydrogen-bond donors (Lipinski definition) is 3. The highest BCUT2D eigenvalue weighted by Crippen LogP contribution is 2.39. The lowest BCUT2D eigenvalue weighted by molar-refractivity contribution is -0.274. The van der Waals surface area contributed by atoms with Crippen molar-refractivity contribution in [1.82, 2.24) is 20.3 Å². The summed E-state index contributed by atoms with van der Waals surface area (Å²) in [6.07, 6.45) is -8.98. The van der Waals surface area contributed by atoms with E-state index in [9.17, 15) is 31.1 Å². The van der Waals surface area contributed by atoms with Gasteiger partial charge in [0, 0.05) is 42.7 Å². The van der Waals surface area contributed by atoms with Crippen LogP contribution in [-0.4, -0.2) is 52.4 Å².